The fraction of sp³-hybridized carbons (Fsp3) is 1.00. The highest BCUT2D eigenvalue weighted by atomic mass is 28.4. The summed E-state index contributed by atoms with van der Waals surface area (Å²) in [7, 11) is -0.210. The minimum absolute atomic E-state index is 0.321. The Kier molecular flexibility index (Phi) is 14.6. The number of ether oxygens (including phenoxy) is 3. The van der Waals surface area contributed by atoms with Crippen LogP contribution in [0.1, 0.15) is 25.7 Å². The minimum atomic E-state index is -6.85. The Hall–Kier alpha value is -0.736. The Balaban J connectivity index is 6.17. The van der Waals surface area contributed by atoms with Crippen LogP contribution in [0.25, 0.3) is 0 Å². The van der Waals surface area contributed by atoms with Gasteiger partial charge < -0.3 is 31.7 Å². The topological polar surface area (TPSA) is 103 Å². The van der Waals surface area contributed by atoms with E-state index in [1.165, 1.54) is 0 Å². The van der Waals surface area contributed by atoms with Crippen molar-refractivity contribution >= 4 is 17.6 Å². The Bertz CT molecular complexity index is 742. The van der Waals surface area contributed by atoms with Gasteiger partial charge in [-0.3, -0.25) is 0 Å². The molecule has 0 aliphatic carbocycles. The Morgan fingerprint density at radius 2 is 0.805 bits per heavy atom. The first-order valence-electron chi connectivity index (χ1n) is 11.1. The number of hydrogen-bond acceptors (Lipinski definition) is 10. The summed E-state index contributed by atoms with van der Waals surface area (Å²) in [5.74, 6) is 0. The highest BCUT2D eigenvalue weighted by Gasteiger charge is 2.71. The third kappa shape index (κ3) is 11.4. The normalized spacial score (nSPS) is 15.1. The minimum Gasteiger partial charge on any atom is -0.381 e. The summed E-state index contributed by atoms with van der Waals surface area (Å²) in [6, 6.07) is -0.642. The fourth-order valence-electron chi connectivity index (χ4n) is 3.40. The first-order valence-corrected chi connectivity index (χ1v) is 15.0. The van der Waals surface area contributed by atoms with Crippen molar-refractivity contribution < 1.29 is 94.2 Å². The average molecular weight is 673 g/mol. The van der Waals surface area contributed by atoms with Crippen LogP contribution in [0.2, 0.25) is 12.1 Å². The largest absolute Gasteiger partial charge is 0.529 e. The first-order chi connectivity index (χ1) is 18.4. The van der Waals surface area contributed by atoms with E-state index in [1.54, 1.807) is 0 Å². The van der Waals surface area contributed by atoms with Gasteiger partial charge in [0, 0.05) is 54.7 Å². The molecule has 0 fully saturated rings. The van der Waals surface area contributed by atoms with Crippen molar-refractivity contribution in [1.82, 2.24) is 0 Å². The number of alkyl halides is 11. The van der Waals surface area contributed by atoms with Gasteiger partial charge in [0.1, 0.15) is 0 Å². The maximum absolute atomic E-state index is 15.0. The summed E-state index contributed by atoms with van der Waals surface area (Å²) in [4.78, 5) is 0. The maximum Gasteiger partial charge on any atom is 0.529 e. The van der Waals surface area contributed by atoms with Gasteiger partial charge in [-0.05, 0) is 25.7 Å². The molecule has 41 heavy (non-hydrogen) atoms. The second kappa shape index (κ2) is 14.8. The van der Waals surface area contributed by atoms with E-state index >= 15 is 8.78 Å². The third-order valence-corrected chi connectivity index (χ3v) is 11.3. The summed E-state index contributed by atoms with van der Waals surface area (Å²) in [6.45, 7) is 0. The fourth-order valence-corrected chi connectivity index (χ4v) is 6.85. The van der Waals surface area contributed by atoms with Gasteiger partial charge in [-0.1, -0.05) is 0 Å². The zero-order valence-electron chi connectivity index (χ0n) is 22.5. The molecule has 0 rings (SSSR count). The van der Waals surface area contributed by atoms with Crippen LogP contribution < -0.4 is 0 Å². The van der Waals surface area contributed by atoms with Crippen molar-refractivity contribution in [3.63, 3.8) is 0 Å². The van der Waals surface area contributed by atoms with Crippen LogP contribution >= 0.6 is 0 Å². The van der Waals surface area contributed by atoms with E-state index in [0.29, 0.717) is 0 Å². The lowest BCUT2D eigenvalue weighted by Crippen LogP contribution is -2.59. The molecule has 248 valence electrons. The monoisotopic (exact) mass is 672 g/mol. The van der Waals surface area contributed by atoms with Crippen molar-refractivity contribution in [3.05, 3.63) is 0 Å². The summed E-state index contributed by atoms with van der Waals surface area (Å²) >= 11 is 0. The summed E-state index contributed by atoms with van der Waals surface area (Å²) < 4.78 is 185. The Morgan fingerprint density at radius 1 is 0.488 bits per heavy atom. The number of aliphatic hydroxyl groups is 1. The van der Waals surface area contributed by atoms with Crippen LogP contribution in [0.15, 0.2) is 0 Å². The van der Waals surface area contributed by atoms with E-state index in [4.69, 9.17) is 26.6 Å². The lowest BCUT2D eigenvalue weighted by molar-refractivity contribution is -0.579. The first kappa shape index (κ1) is 40.3. The molecular weight excluding hydrogens is 641 g/mol. The SMILES string of the molecule is CO[Si](CCCC(O)(CCC[Si](OC)(OC)OC)C(F)(F)OC(F)(F)C(F)(F)OC(F)(F)OC(F)(F)F)(OC)OC. The van der Waals surface area contributed by atoms with Gasteiger partial charge in [0.2, 0.25) is 0 Å². The van der Waals surface area contributed by atoms with E-state index in [2.05, 4.69) is 9.47 Å². The zero-order valence-corrected chi connectivity index (χ0v) is 24.5. The van der Waals surface area contributed by atoms with E-state index in [9.17, 15) is 44.6 Å². The zero-order chi connectivity index (χ0) is 32.6. The quantitative estimate of drug-likeness (QED) is 0.103. The lowest BCUT2D eigenvalue weighted by Gasteiger charge is -2.39. The second-order valence-electron chi connectivity index (χ2n) is 8.10. The van der Waals surface area contributed by atoms with E-state index in [-0.39, 0.29) is 12.1 Å². The molecule has 0 unspecified atom stereocenters. The molecule has 0 aromatic heterocycles. The molecule has 0 spiro atoms. The molecule has 0 saturated heterocycles. The Morgan fingerprint density at radius 3 is 1.10 bits per heavy atom. The Labute approximate surface area is 229 Å². The molecule has 0 bridgehead atoms. The molecule has 0 radical (unpaired) electrons. The molecule has 0 heterocycles. The predicted octanol–water partition coefficient (Wildman–Crippen LogP) is 4.93. The maximum atomic E-state index is 15.0. The summed E-state index contributed by atoms with van der Waals surface area (Å²) in [5, 5.41) is 10.8. The van der Waals surface area contributed by atoms with Crippen LogP contribution in [0.3, 0.4) is 0 Å². The molecule has 0 aromatic carbocycles. The highest BCUT2D eigenvalue weighted by Crippen LogP contribution is 2.48. The van der Waals surface area contributed by atoms with Crippen molar-refractivity contribution in [2.24, 2.45) is 0 Å². The van der Waals surface area contributed by atoms with Gasteiger partial charge in [0.05, 0.1) is 0 Å². The van der Waals surface area contributed by atoms with Gasteiger partial charge in [-0.15, -0.1) is 22.0 Å². The van der Waals surface area contributed by atoms with Crippen molar-refractivity contribution in [2.75, 3.05) is 42.7 Å². The van der Waals surface area contributed by atoms with E-state index < -0.39 is 79.9 Å². The number of hydrogen-bond donors (Lipinski definition) is 1. The molecule has 0 aliphatic rings. The van der Waals surface area contributed by atoms with Gasteiger partial charge in [0.25, 0.3) is 0 Å². The molecule has 0 aromatic rings. The van der Waals surface area contributed by atoms with Crippen LogP contribution in [0, 0.1) is 0 Å². The lowest BCUT2D eigenvalue weighted by atomic mass is 9.91. The predicted molar refractivity (Wildman–Crippen MR) is 116 cm³/mol. The molecule has 10 nitrogen and oxygen atoms in total. The highest BCUT2D eigenvalue weighted by molar-refractivity contribution is 6.60. The standard InChI is InChI=1S/C18H31F11O10Si2/c1-31-40(32-2,33-3)11-7-9-13(30,10-8-12-41(34-4,35-5)36-6)14(19,20)37-15(21,22)16(23,24)38-18(28,29)39-17(25,26)27/h30H,7-12H2,1-6H3. The van der Waals surface area contributed by atoms with Gasteiger partial charge in [-0.2, -0.15) is 31.1 Å². The van der Waals surface area contributed by atoms with Gasteiger partial charge >= 0.3 is 48.6 Å². The van der Waals surface area contributed by atoms with E-state index in [1.807, 2.05) is 4.74 Å². The summed E-state index contributed by atoms with van der Waals surface area (Å²) in [6.07, 6.45) is -35.6. The van der Waals surface area contributed by atoms with Crippen LogP contribution in [0.4, 0.5) is 48.3 Å². The average Bonchev–Trinajstić information content (AvgIpc) is 2.82. The van der Waals surface area contributed by atoms with Crippen LogP contribution in [-0.4, -0.2) is 102 Å². The molecule has 1 N–H and O–H groups in total. The van der Waals surface area contributed by atoms with Crippen LogP contribution in [0.5, 0.6) is 0 Å². The molecule has 23 heteroatoms. The smallest absolute Gasteiger partial charge is 0.381 e. The third-order valence-electron chi connectivity index (χ3n) is 5.63. The van der Waals surface area contributed by atoms with E-state index in [0.717, 1.165) is 42.7 Å². The molecule has 0 atom stereocenters. The molecule has 0 saturated carbocycles. The van der Waals surface area contributed by atoms with Crippen molar-refractivity contribution in [2.45, 2.75) is 74.4 Å². The van der Waals surface area contributed by atoms with Gasteiger partial charge in [-0.25, -0.2) is 9.47 Å². The van der Waals surface area contributed by atoms with Gasteiger partial charge in [0.15, 0.2) is 5.60 Å². The second-order valence-corrected chi connectivity index (χ2v) is 14.3. The van der Waals surface area contributed by atoms with Crippen molar-refractivity contribution in [1.29, 1.82) is 0 Å². The number of rotatable bonds is 21. The molecular formula is C18H31F11O10Si2. The molecule has 0 amide bonds. The van der Waals surface area contributed by atoms with Crippen LogP contribution in [-0.2, 0) is 40.8 Å². The summed E-state index contributed by atoms with van der Waals surface area (Å²) in [5.41, 5.74) is -3.75. The molecule has 0 aliphatic heterocycles. The number of halogens is 11. The van der Waals surface area contributed by atoms with Crippen molar-refractivity contribution in [3.8, 4) is 0 Å².